The number of rotatable bonds is 5. The number of benzene rings is 1. The van der Waals surface area contributed by atoms with Crippen molar-refractivity contribution >= 4 is 0 Å². The third-order valence-corrected chi connectivity index (χ3v) is 2.19. The highest BCUT2D eigenvalue weighted by Gasteiger charge is 1.93. The van der Waals surface area contributed by atoms with Gasteiger partial charge in [0.05, 0.1) is 0 Å². The van der Waals surface area contributed by atoms with Crippen molar-refractivity contribution in [3.05, 3.63) is 41.8 Å². The largest absolute Gasteiger partial charge is 0.0654 e. The van der Waals surface area contributed by atoms with Gasteiger partial charge in [0.15, 0.2) is 0 Å². The molecule has 0 heterocycles. The Bertz CT molecular complexity index is 220. The van der Waals surface area contributed by atoms with Crippen LogP contribution < -0.4 is 0 Å². The van der Waals surface area contributed by atoms with Gasteiger partial charge in [0.25, 0.3) is 0 Å². The number of unbranched alkanes of at least 4 members (excludes halogenated alkanes) is 1. The standard InChI is InChI=1S/C13H19/c1-3-5-7-13-10-8-12(6-4-2)9-11-13/h7-11H,3-6H2,1-2H3. The topological polar surface area (TPSA) is 0 Å². The zero-order valence-corrected chi connectivity index (χ0v) is 8.72. The number of aryl methyl sites for hydroxylation is 1. The lowest BCUT2D eigenvalue weighted by atomic mass is 10.0. The fraction of sp³-hybridized carbons (Fsp3) is 0.462. The lowest BCUT2D eigenvalue weighted by molar-refractivity contribution is 0.907. The van der Waals surface area contributed by atoms with E-state index in [1.807, 2.05) is 0 Å². The van der Waals surface area contributed by atoms with Crippen LogP contribution in [0.25, 0.3) is 0 Å². The lowest BCUT2D eigenvalue weighted by Crippen LogP contribution is -1.85. The molecule has 0 aromatic heterocycles. The monoisotopic (exact) mass is 175 g/mol. The molecule has 13 heavy (non-hydrogen) atoms. The summed E-state index contributed by atoms with van der Waals surface area (Å²) in [5, 5.41) is 0. The Hall–Kier alpha value is -0.780. The van der Waals surface area contributed by atoms with Crippen molar-refractivity contribution in [2.24, 2.45) is 0 Å². The Morgan fingerprint density at radius 3 is 2.23 bits per heavy atom. The Morgan fingerprint density at radius 1 is 1.00 bits per heavy atom. The van der Waals surface area contributed by atoms with Crippen molar-refractivity contribution in [1.82, 2.24) is 0 Å². The van der Waals surface area contributed by atoms with Crippen molar-refractivity contribution in [3.8, 4) is 0 Å². The van der Waals surface area contributed by atoms with Gasteiger partial charge in [0.2, 0.25) is 0 Å². The molecule has 1 rings (SSSR count). The summed E-state index contributed by atoms with van der Waals surface area (Å²) < 4.78 is 0. The molecule has 0 spiro atoms. The molecule has 0 aliphatic rings. The molecular formula is C13H19. The molecule has 0 unspecified atom stereocenters. The summed E-state index contributed by atoms with van der Waals surface area (Å²) in [6, 6.07) is 8.93. The third-order valence-electron chi connectivity index (χ3n) is 2.19. The van der Waals surface area contributed by atoms with Crippen LogP contribution in [0.2, 0.25) is 0 Å². The first kappa shape index (κ1) is 10.3. The van der Waals surface area contributed by atoms with Gasteiger partial charge in [-0.1, -0.05) is 51.0 Å². The summed E-state index contributed by atoms with van der Waals surface area (Å²) >= 11 is 0. The zero-order valence-electron chi connectivity index (χ0n) is 8.72. The van der Waals surface area contributed by atoms with Gasteiger partial charge >= 0.3 is 0 Å². The maximum atomic E-state index is 2.30. The van der Waals surface area contributed by atoms with E-state index >= 15 is 0 Å². The van der Waals surface area contributed by atoms with E-state index < -0.39 is 0 Å². The number of hydrogen-bond acceptors (Lipinski definition) is 0. The molecule has 0 aliphatic carbocycles. The first-order valence-corrected chi connectivity index (χ1v) is 5.29. The van der Waals surface area contributed by atoms with E-state index in [9.17, 15) is 0 Å². The first-order valence-electron chi connectivity index (χ1n) is 5.29. The molecule has 1 aromatic rings. The molecule has 0 heteroatoms. The first-order chi connectivity index (χ1) is 6.36. The van der Waals surface area contributed by atoms with E-state index in [-0.39, 0.29) is 0 Å². The van der Waals surface area contributed by atoms with Gasteiger partial charge in [-0.3, -0.25) is 0 Å². The second-order valence-corrected chi connectivity index (χ2v) is 3.48. The van der Waals surface area contributed by atoms with Gasteiger partial charge in [-0.05, 0) is 30.4 Å². The summed E-state index contributed by atoms with van der Waals surface area (Å²) in [5.74, 6) is 0. The average molecular weight is 175 g/mol. The lowest BCUT2D eigenvalue weighted by Gasteiger charge is -2.01. The molecule has 71 valence electrons. The minimum absolute atomic E-state index is 1.19. The Labute approximate surface area is 82.0 Å². The van der Waals surface area contributed by atoms with Crippen LogP contribution in [0.1, 0.15) is 44.2 Å². The molecule has 0 saturated heterocycles. The van der Waals surface area contributed by atoms with Crippen LogP contribution in [0.15, 0.2) is 24.3 Å². The zero-order chi connectivity index (χ0) is 9.52. The van der Waals surface area contributed by atoms with E-state index in [2.05, 4.69) is 44.5 Å². The minimum Gasteiger partial charge on any atom is -0.0654 e. The molecule has 0 aliphatic heterocycles. The van der Waals surface area contributed by atoms with Crippen molar-refractivity contribution in [2.75, 3.05) is 0 Å². The van der Waals surface area contributed by atoms with Crippen molar-refractivity contribution < 1.29 is 0 Å². The van der Waals surface area contributed by atoms with E-state index in [0.717, 1.165) is 0 Å². The van der Waals surface area contributed by atoms with Gasteiger partial charge in [-0.25, -0.2) is 0 Å². The van der Waals surface area contributed by atoms with Gasteiger partial charge < -0.3 is 0 Å². The summed E-state index contributed by atoms with van der Waals surface area (Å²) in [7, 11) is 0. The third kappa shape index (κ3) is 3.63. The van der Waals surface area contributed by atoms with Gasteiger partial charge in [-0.15, -0.1) is 0 Å². The second kappa shape index (κ2) is 5.80. The highest BCUT2D eigenvalue weighted by molar-refractivity contribution is 5.27. The molecule has 1 radical (unpaired) electrons. The molecule has 0 bridgehead atoms. The highest BCUT2D eigenvalue weighted by atomic mass is 14.0. The summed E-state index contributed by atoms with van der Waals surface area (Å²) in [4.78, 5) is 0. The quantitative estimate of drug-likeness (QED) is 0.634. The molecular weight excluding hydrogens is 156 g/mol. The molecule has 0 fully saturated rings. The average Bonchev–Trinajstić information content (AvgIpc) is 2.17. The minimum atomic E-state index is 1.19. The molecule has 0 N–H and O–H groups in total. The highest BCUT2D eigenvalue weighted by Crippen LogP contribution is 2.10. The van der Waals surface area contributed by atoms with Crippen molar-refractivity contribution in [3.63, 3.8) is 0 Å². The fourth-order valence-electron chi connectivity index (χ4n) is 1.42. The van der Waals surface area contributed by atoms with Crippen LogP contribution in [-0.4, -0.2) is 0 Å². The van der Waals surface area contributed by atoms with E-state index in [1.54, 1.807) is 0 Å². The Kier molecular flexibility index (Phi) is 4.59. The maximum Gasteiger partial charge on any atom is -0.00932 e. The predicted molar refractivity (Wildman–Crippen MR) is 58.7 cm³/mol. The van der Waals surface area contributed by atoms with Crippen LogP contribution in [0, 0.1) is 6.42 Å². The van der Waals surface area contributed by atoms with E-state index in [4.69, 9.17) is 0 Å². The predicted octanol–water partition coefficient (Wildman–Crippen LogP) is 3.99. The summed E-state index contributed by atoms with van der Waals surface area (Å²) in [5.41, 5.74) is 2.82. The van der Waals surface area contributed by atoms with Crippen LogP contribution in [-0.2, 0) is 6.42 Å². The molecule has 0 atom stereocenters. The van der Waals surface area contributed by atoms with Gasteiger partial charge in [0.1, 0.15) is 0 Å². The fourth-order valence-corrected chi connectivity index (χ4v) is 1.42. The second-order valence-electron chi connectivity index (χ2n) is 3.48. The smallest absolute Gasteiger partial charge is 0.00932 e. The molecule has 0 nitrogen and oxygen atoms in total. The molecule has 0 saturated carbocycles. The number of hydrogen-bond donors (Lipinski definition) is 0. The van der Waals surface area contributed by atoms with Crippen molar-refractivity contribution in [2.45, 2.75) is 39.5 Å². The Balaban J connectivity index is 2.48. The van der Waals surface area contributed by atoms with Gasteiger partial charge in [-0.2, -0.15) is 0 Å². The Morgan fingerprint density at radius 2 is 1.69 bits per heavy atom. The summed E-state index contributed by atoms with van der Waals surface area (Å²) in [6.45, 7) is 4.43. The van der Waals surface area contributed by atoms with Crippen LogP contribution in [0.5, 0.6) is 0 Å². The van der Waals surface area contributed by atoms with E-state index in [1.165, 1.54) is 36.8 Å². The van der Waals surface area contributed by atoms with E-state index in [0.29, 0.717) is 0 Å². The molecule has 1 aromatic carbocycles. The maximum absolute atomic E-state index is 2.30. The van der Waals surface area contributed by atoms with Crippen LogP contribution >= 0.6 is 0 Å². The van der Waals surface area contributed by atoms with Crippen molar-refractivity contribution in [1.29, 1.82) is 0 Å². The van der Waals surface area contributed by atoms with Gasteiger partial charge in [0, 0.05) is 0 Å². The molecule has 0 amide bonds. The van der Waals surface area contributed by atoms with Crippen LogP contribution in [0.4, 0.5) is 0 Å². The summed E-state index contributed by atoms with van der Waals surface area (Å²) in [6.07, 6.45) is 7.16. The van der Waals surface area contributed by atoms with Crippen LogP contribution in [0.3, 0.4) is 0 Å². The SMILES string of the molecule is CCC[CH]c1ccc(CCC)cc1. The normalized spacial score (nSPS) is 10.3.